The van der Waals surface area contributed by atoms with Gasteiger partial charge in [-0.05, 0) is 37.0 Å². The van der Waals surface area contributed by atoms with Gasteiger partial charge in [0.05, 0.1) is 0 Å². The van der Waals surface area contributed by atoms with E-state index in [1.54, 1.807) is 0 Å². The number of carbonyl (C=O) groups excluding carboxylic acids is 1. The van der Waals surface area contributed by atoms with Crippen LogP contribution in [-0.2, 0) is 13.5 Å². The molecule has 0 spiro atoms. The van der Waals surface area contributed by atoms with E-state index in [0.717, 1.165) is 24.9 Å². The van der Waals surface area contributed by atoms with Gasteiger partial charge < -0.3 is 15.2 Å². The van der Waals surface area contributed by atoms with Crippen LogP contribution in [0.2, 0.25) is 0 Å². The van der Waals surface area contributed by atoms with E-state index in [2.05, 4.69) is 27.9 Å². The van der Waals surface area contributed by atoms with Crippen molar-refractivity contribution < 1.29 is 4.79 Å². The molecule has 5 heteroatoms. The van der Waals surface area contributed by atoms with Crippen LogP contribution < -0.4 is 10.6 Å². The lowest BCUT2D eigenvalue weighted by Gasteiger charge is -2.22. The molecular formula is C17H24N4O. The predicted octanol–water partition coefficient (Wildman–Crippen LogP) is 2.75. The quantitative estimate of drug-likeness (QED) is 0.912. The molecule has 0 aliphatic heterocycles. The monoisotopic (exact) mass is 300 g/mol. The number of amides is 2. The SMILES string of the molecule is Cn1cc(CCNC(=O)NC2CCCCC2)c2cccnc21. The molecule has 3 rings (SSSR count). The van der Waals surface area contributed by atoms with Crippen LogP contribution in [0.1, 0.15) is 37.7 Å². The third-order valence-electron chi connectivity index (χ3n) is 4.44. The topological polar surface area (TPSA) is 59.0 Å². The highest BCUT2D eigenvalue weighted by Gasteiger charge is 2.15. The average molecular weight is 300 g/mol. The van der Waals surface area contributed by atoms with Crippen LogP contribution in [0.3, 0.4) is 0 Å². The van der Waals surface area contributed by atoms with Crippen molar-refractivity contribution in [1.29, 1.82) is 0 Å². The number of aromatic nitrogens is 2. The summed E-state index contributed by atoms with van der Waals surface area (Å²) in [4.78, 5) is 16.3. The zero-order chi connectivity index (χ0) is 15.4. The first-order valence-corrected chi connectivity index (χ1v) is 8.17. The summed E-state index contributed by atoms with van der Waals surface area (Å²) in [5.74, 6) is 0. The minimum Gasteiger partial charge on any atom is -0.338 e. The number of hydrogen-bond acceptors (Lipinski definition) is 2. The standard InChI is InChI=1S/C17H24N4O/c1-21-12-13(15-8-5-10-18-16(15)21)9-11-19-17(22)20-14-6-3-2-4-7-14/h5,8,10,12,14H,2-4,6-7,9,11H2,1H3,(H2,19,20,22). The number of nitrogens with one attached hydrogen (secondary N) is 2. The molecule has 1 aliphatic rings. The first-order chi connectivity index (χ1) is 10.7. The van der Waals surface area contributed by atoms with Gasteiger partial charge in [-0.3, -0.25) is 0 Å². The summed E-state index contributed by atoms with van der Waals surface area (Å²) in [5.41, 5.74) is 2.22. The summed E-state index contributed by atoms with van der Waals surface area (Å²) in [5, 5.41) is 7.22. The van der Waals surface area contributed by atoms with E-state index in [-0.39, 0.29) is 6.03 Å². The number of hydrogen-bond donors (Lipinski definition) is 2. The first kappa shape index (κ1) is 14.9. The molecule has 2 amide bonds. The highest BCUT2D eigenvalue weighted by atomic mass is 16.2. The number of carbonyl (C=O) groups is 1. The smallest absolute Gasteiger partial charge is 0.315 e. The van der Waals surface area contributed by atoms with Gasteiger partial charge in [0.25, 0.3) is 0 Å². The van der Waals surface area contributed by atoms with Gasteiger partial charge in [-0.2, -0.15) is 0 Å². The Labute approximate surface area is 131 Å². The summed E-state index contributed by atoms with van der Waals surface area (Å²) in [6, 6.07) is 4.36. The van der Waals surface area contributed by atoms with E-state index in [0.29, 0.717) is 12.6 Å². The molecule has 0 aromatic carbocycles. The van der Waals surface area contributed by atoms with Crippen molar-refractivity contribution in [1.82, 2.24) is 20.2 Å². The maximum absolute atomic E-state index is 11.9. The minimum absolute atomic E-state index is 0.0368. The second-order valence-electron chi connectivity index (χ2n) is 6.12. The summed E-state index contributed by atoms with van der Waals surface area (Å²) in [7, 11) is 2.00. The van der Waals surface area contributed by atoms with Crippen LogP contribution in [0.15, 0.2) is 24.5 Å². The van der Waals surface area contributed by atoms with Crippen molar-refractivity contribution >= 4 is 17.1 Å². The maximum Gasteiger partial charge on any atom is 0.315 e. The molecule has 0 saturated heterocycles. The van der Waals surface area contributed by atoms with E-state index >= 15 is 0 Å². The van der Waals surface area contributed by atoms with E-state index in [9.17, 15) is 4.79 Å². The summed E-state index contributed by atoms with van der Waals surface area (Å²) >= 11 is 0. The maximum atomic E-state index is 11.9. The van der Waals surface area contributed by atoms with E-state index in [1.807, 2.05) is 23.9 Å². The number of aryl methyl sites for hydroxylation is 1. The van der Waals surface area contributed by atoms with Crippen LogP contribution in [0.4, 0.5) is 4.79 Å². The fraction of sp³-hybridized carbons (Fsp3) is 0.529. The van der Waals surface area contributed by atoms with E-state index in [1.165, 1.54) is 30.2 Å². The summed E-state index contributed by atoms with van der Waals surface area (Å²) in [6.45, 7) is 0.645. The predicted molar refractivity (Wildman–Crippen MR) is 87.8 cm³/mol. The molecule has 5 nitrogen and oxygen atoms in total. The Kier molecular flexibility index (Phi) is 4.61. The lowest BCUT2D eigenvalue weighted by atomic mass is 9.96. The Morgan fingerprint density at radius 3 is 3.00 bits per heavy atom. The largest absolute Gasteiger partial charge is 0.338 e. The third-order valence-corrected chi connectivity index (χ3v) is 4.44. The Bertz CT molecular complexity index is 643. The van der Waals surface area contributed by atoms with Crippen molar-refractivity contribution in [2.75, 3.05) is 6.54 Å². The molecule has 2 heterocycles. The zero-order valence-corrected chi connectivity index (χ0v) is 13.1. The van der Waals surface area contributed by atoms with E-state index in [4.69, 9.17) is 0 Å². The van der Waals surface area contributed by atoms with Crippen molar-refractivity contribution in [3.63, 3.8) is 0 Å². The average Bonchev–Trinajstić information content (AvgIpc) is 2.85. The van der Waals surface area contributed by atoms with Gasteiger partial charge in [0, 0.05) is 37.4 Å². The zero-order valence-electron chi connectivity index (χ0n) is 13.1. The third kappa shape index (κ3) is 3.40. The Morgan fingerprint density at radius 1 is 1.36 bits per heavy atom. The van der Waals surface area contributed by atoms with Crippen molar-refractivity contribution in [2.24, 2.45) is 7.05 Å². The van der Waals surface area contributed by atoms with Crippen LogP contribution in [-0.4, -0.2) is 28.2 Å². The van der Waals surface area contributed by atoms with Gasteiger partial charge in [-0.25, -0.2) is 9.78 Å². The Hall–Kier alpha value is -2.04. The number of rotatable bonds is 4. The van der Waals surface area contributed by atoms with Crippen LogP contribution in [0.25, 0.3) is 11.0 Å². The molecule has 1 aliphatic carbocycles. The van der Waals surface area contributed by atoms with Gasteiger partial charge in [0.15, 0.2) is 0 Å². The molecule has 0 atom stereocenters. The molecule has 2 aromatic heterocycles. The van der Waals surface area contributed by atoms with E-state index < -0.39 is 0 Å². The molecule has 2 aromatic rings. The molecule has 1 saturated carbocycles. The van der Waals surface area contributed by atoms with Crippen LogP contribution in [0.5, 0.6) is 0 Å². The lowest BCUT2D eigenvalue weighted by Crippen LogP contribution is -2.43. The summed E-state index contributed by atoms with van der Waals surface area (Å²) in [6.07, 6.45) is 10.7. The molecule has 118 valence electrons. The Morgan fingerprint density at radius 2 is 2.18 bits per heavy atom. The first-order valence-electron chi connectivity index (χ1n) is 8.17. The minimum atomic E-state index is -0.0368. The molecule has 0 radical (unpaired) electrons. The van der Waals surface area contributed by atoms with Gasteiger partial charge in [-0.1, -0.05) is 19.3 Å². The normalized spacial score (nSPS) is 15.9. The number of urea groups is 1. The van der Waals surface area contributed by atoms with Gasteiger partial charge in [0.1, 0.15) is 5.65 Å². The molecule has 0 bridgehead atoms. The molecule has 2 N–H and O–H groups in total. The van der Waals surface area contributed by atoms with Crippen LogP contribution in [0, 0.1) is 0 Å². The number of nitrogens with zero attached hydrogens (tertiary/aromatic N) is 2. The highest BCUT2D eigenvalue weighted by Crippen LogP contribution is 2.18. The number of fused-ring (bicyclic) bond motifs is 1. The van der Waals surface area contributed by atoms with Gasteiger partial charge in [-0.15, -0.1) is 0 Å². The van der Waals surface area contributed by atoms with Crippen molar-refractivity contribution in [3.8, 4) is 0 Å². The fourth-order valence-corrected chi connectivity index (χ4v) is 3.29. The molecule has 0 unspecified atom stereocenters. The van der Waals surface area contributed by atoms with Gasteiger partial charge in [0.2, 0.25) is 0 Å². The highest BCUT2D eigenvalue weighted by molar-refractivity contribution is 5.80. The molecule has 22 heavy (non-hydrogen) atoms. The summed E-state index contributed by atoms with van der Waals surface area (Å²) < 4.78 is 2.03. The number of pyridine rings is 1. The second kappa shape index (κ2) is 6.81. The fourth-order valence-electron chi connectivity index (χ4n) is 3.29. The lowest BCUT2D eigenvalue weighted by molar-refractivity contribution is 0.233. The second-order valence-corrected chi connectivity index (χ2v) is 6.12. The molecule has 1 fully saturated rings. The Balaban J connectivity index is 1.50. The van der Waals surface area contributed by atoms with Crippen molar-refractivity contribution in [3.05, 3.63) is 30.1 Å². The molecular weight excluding hydrogens is 276 g/mol. The van der Waals surface area contributed by atoms with Crippen molar-refractivity contribution in [2.45, 2.75) is 44.6 Å². The van der Waals surface area contributed by atoms with Gasteiger partial charge >= 0.3 is 6.03 Å². The van der Waals surface area contributed by atoms with Crippen LogP contribution >= 0.6 is 0 Å².